The van der Waals surface area contributed by atoms with Crippen LogP contribution < -0.4 is 15.4 Å². The van der Waals surface area contributed by atoms with Crippen molar-refractivity contribution < 1.29 is 14.3 Å². The molecule has 1 heterocycles. The Morgan fingerprint density at radius 2 is 2.08 bits per heavy atom. The molecule has 25 heavy (non-hydrogen) atoms. The van der Waals surface area contributed by atoms with E-state index < -0.39 is 0 Å². The summed E-state index contributed by atoms with van der Waals surface area (Å²) in [6.45, 7) is 3.64. The molecule has 7 heteroatoms. The highest BCUT2D eigenvalue weighted by Crippen LogP contribution is 2.27. The number of hydrogen-bond donors (Lipinski definition) is 2. The first kappa shape index (κ1) is 21.3. The molecule has 1 aromatic rings. The van der Waals surface area contributed by atoms with Crippen molar-refractivity contribution >= 4 is 24.2 Å². The van der Waals surface area contributed by atoms with E-state index in [0.29, 0.717) is 5.75 Å². The highest BCUT2D eigenvalue weighted by Gasteiger charge is 2.25. The van der Waals surface area contributed by atoms with E-state index in [1.54, 1.807) is 14.1 Å². The number of nitrogens with one attached hydrogen (secondary N) is 2. The molecule has 0 aromatic heterocycles. The first-order chi connectivity index (χ1) is 11.5. The van der Waals surface area contributed by atoms with Crippen molar-refractivity contribution in [1.29, 1.82) is 0 Å². The van der Waals surface area contributed by atoms with Gasteiger partial charge in [-0.05, 0) is 25.5 Å². The van der Waals surface area contributed by atoms with Gasteiger partial charge < -0.3 is 20.3 Å². The predicted octanol–water partition coefficient (Wildman–Crippen LogP) is 1.75. The summed E-state index contributed by atoms with van der Waals surface area (Å²) in [5, 5.41) is 6.33. The molecule has 140 valence electrons. The fourth-order valence-corrected chi connectivity index (χ4v) is 2.74. The zero-order valence-electron chi connectivity index (χ0n) is 15.1. The van der Waals surface area contributed by atoms with E-state index in [1.165, 1.54) is 4.90 Å². The molecular weight excluding hydrogens is 342 g/mol. The summed E-state index contributed by atoms with van der Waals surface area (Å²) >= 11 is 0. The maximum atomic E-state index is 12.4. The van der Waals surface area contributed by atoms with Crippen LogP contribution in [-0.2, 0) is 9.59 Å². The van der Waals surface area contributed by atoms with Crippen LogP contribution in [0.15, 0.2) is 24.3 Å². The lowest BCUT2D eigenvalue weighted by Crippen LogP contribution is -2.35. The number of hydrogen-bond acceptors (Lipinski definition) is 4. The standard InChI is InChI=1S/C18H27N3O3.ClH/c1-4-15(20-18(23)13-9-10-19-11-13)14-7-5-6-8-16(14)24-12-17(22)21(2)3;/h5-8,13,15,19H,4,9-12H2,1-3H3,(H,20,23);1H. The zero-order valence-corrected chi connectivity index (χ0v) is 15.9. The maximum absolute atomic E-state index is 12.4. The van der Waals surface area contributed by atoms with Gasteiger partial charge in [0.05, 0.1) is 12.0 Å². The minimum Gasteiger partial charge on any atom is -0.483 e. The second-order valence-corrected chi connectivity index (χ2v) is 6.27. The molecule has 2 unspecified atom stereocenters. The van der Waals surface area contributed by atoms with Crippen LogP contribution in [0.3, 0.4) is 0 Å². The third-order valence-corrected chi connectivity index (χ3v) is 4.30. The van der Waals surface area contributed by atoms with E-state index in [1.807, 2.05) is 31.2 Å². The molecule has 1 aromatic carbocycles. The summed E-state index contributed by atoms with van der Waals surface area (Å²) < 4.78 is 5.70. The van der Waals surface area contributed by atoms with Crippen molar-refractivity contribution in [2.75, 3.05) is 33.8 Å². The Morgan fingerprint density at radius 3 is 2.68 bits per heavy atom. The molecule has 2 atom stereocenters. The van der Waals surface area contributed by atoms with Crippen molar-refractivity contribution in [2.45, 2.75) is 25.8 Å². The number of benzene rings is 1. The largest absolute Gasteiger partial charge is 0.483 e. The van der Waals surface area contributed by atoms with Gasteiger partial charge in [-0.1, -0.05) is 25.1 Å². The van der Waals surface area contributed by atoms with Crippen molar-refractivity contribution in [3.63, 3.8) is 0 Å². The number of carbonyl (C=O) groups is 2. The van der Waals surface area contributed by atoms with Crippen LogP contribution in [0.25, 0.3) is 0 Å². The minimum absolute atomic E-state index is 0. The van der Waals surface area contributed by atoms with Crippen molar-refractivity contribution in [2.24, 2.45) is 5.92 Å². The quantitative estimate of drug-likeness (QED) is 0.768. The van der Waals surface area contributed by atoms with Gasteiger partial charge in [-0.15, -0.1) is 12.4 Å². The summed E-state index contributed by atoms with van der Waals surface area (Å²) in [7, 11) is 3.39. The molecule has 0 bridgehead atoms. The maximum Gasteiger partial charge on any atom is 0.259 e. The SMILES string of the molecule is CCC(NC(=O)C1CCNC1)c1ccccc1OCC(=O)N(C)C.Cl. The van der Waals surface area contributed by atoms with Crippen LogP contribution in [0.5, 0.6) is 5.75 Å². The summed E-state index contributed by atoms with van der Waals surface area (Å²) in [6.07, 6.45) is 1.63. The fraction of sp³-hybridized carbons (Fsp3) is 0.556. The zero-order chi connectivity index (χ0) is 17.5. The van der Waals surface area contributed by atoms with Gasteiger partial charge in [0.25, 0.3) is 5.91 Å². The van der Waals surface area contributed by atoms with Gasteiger partial charge in [-0.2, -0.15) is 0 Å². The van der Waals surface area contributed by atoms with Crippen LogP contribution in [0.4, 0.5) is 0 Å². The number of ether oxygens (including phenoxy) is 1. The molecule has 0 aliphatic carbocycles. The first-order valence-corrected chi connectivity index (χ1v) is 8.45. The molecule has 1 saturated heterocycles. The molecule has 1 aliphatic heterocycles. The Balaban J connectivity index is 0.00000312. The molecule has 2 amide bonds. The van der Waals surface area contributed by atoms with Crippen LogP contribution in [0, 0.1) is 5.92 Å². The van der Waals surface area contributed by atoms with Gasteiger partial charge in [-0.25, -0.2) is 0 Å². The fourth-order valence-electron chi connectivity index (χ4n) is 2.74. The molecule has 6 nitrogen and oxygen atoms in total. The molecule has 2 N–H and O–H groups in total. The summed E-state index contributed by atoms with van der Waals surface area (Å²) in [5.41, 5.74) is 0.908. The van der Waals surface area contributed by atoms with Gasteiger partial charge >= 0.3 is 0 Å². The van der Waals surface area contributed by atoms with Crippen LogP contribution in [-0.4, -0.2) is 50.5 Å². The van der Waals surface area contributed by atoms with Gasteiger partial charge in [0, 0.05) is 26.2 Å². The molecular formula is C18H28ClN3O3. The monoisotopic (exact) mass is 369 g/mol. The summed E-state index contributed by atoms with van der Waals surface area (Å²) in [6, 6.07) is 7.45. The van der Waals surface area contributed by atoms with Crippen LogP contribution in [0.2, 0.25) is 0 Å². The molecule has 1 fully saturated rings. The lowest BCUT2D eigenvalue weighted by Gasteiger charge is -2.22. The molecule has 1 aliphatic rings. The van der Waals surface area contributed by atoms with Gasteiger partial charge in [-0.3, -0.25) is 9.59 Å². The minimum atomic E-state index is -0.122. The van der Waals surface area contributed by atoms with E-state index >= 15 is 0 Å². The van der Waals surface area contributed by atoms with Crippen LogP contribution in [0.1, 0.15) is 31.4 Å². The second kappa shape index (κ2) is 10.3. The van der Waals surface area contributed by atoms with Crippen molar-refractivity contribution in [1.82, 2.24) is 15.5 Å². The number of carbonyl (C=O) groups excluding carboxylic acids is 2. The Bertz CT molecular complexity index is 574. The Labute approximate surface area is 155 Å². The van der Waals surface area contributed by atoms with E-state index in [0.717, 1.165) is 31.5 Å². The lowest BCUT2D eigenvalue weighted by atomic mass is 10.0. The highest BCUT2D eigenvalue weighted by atomic mass is 35.5. The second-order valence-electron chi connectivity index (χ2n) is 6.27. The number of halogens is 1. The third-order valence-electron chi connectivity index (χ3n) is 4.30. The summed E-state index contributed by atoms with van der Waals surface area (Å²) in [5.74, 6) is 0.650. The lowest BCUT2D eigenvalue weighted by molar-refractivity contribution is -0.131. The van der Waals surface area contributed by atoms with E-state index in [4.69, 9.17) is 4.74 Å². The number of amides is 2. The molecule has 2 rings (SSSR count). The molecule has 0 saturated carbocycles. The summed E-state index contributed by atoms with van der Waals surface area (Å²) in [4.78, 5) is 25.6. The Hall–Kier alpha value is -1.79. The number of likely N-dealkylation sites (N-methyl/N-ethyl adjacent to an activating group) is 1. The van der Waals surface area contributed by atoms with E-state index in [9.17, 15) is 9.59 Å². The average Bonchev–Trinajstić information content (AvgIpc) is 3.12. The Kier molecular flexibility index (Phi) is 8.72. The number of rotatable bonds is 7. The third kappa shape index (κ3) is 5.90. The van der Waals surface area contributed by atoms with Crippen molar-refractivity contribution in [3.05, 3.63) is 29.8 Å². The average molecular weight is 370 g/mol. The van der Waals surface area contributed by atoms with Crippen LogP contribution >= 0.6 is 12.4 Å². The smallest absolute Gasteiger partial charge is 0.259 e. The Morgan fingerprint density at radius 1 is 1.36 bits per heavy atom. The van der Waals surface area contributed by atoms with E-state index in [-0.39, 0.29) is 42.8 Å². The normalized spacial score (nSPS) is 17.3. The predicted molar refractivity (Wildman–Crippen MR) is 100 cm³/mol. The molecule has 0 radical (unpaired) electrons. The van der Waals surface area contributed by atoms with Crippen molar-refractivity contribution in [3.8, 4) is 5.75 Å². The molecule has 0 spiro atoms. The van der Waals surface area contributed by atoms with E-state index in [2.05, 4.69) is 10.6 Å². The number of para-hydroxylation sites is 1. The number of nitrogens with zero attached hydrogens (tertiary/aromatic N) is 1. The first-order valence-electron chi connectivity index (χ1n) is 8.45. The topological polar surface area (TPSA) is 70.7 Å². The highest BCUT2D eigenvalue weighted by molar-refractivity contribution is 5.85. The van der Waals surface area contributed by atoms with Gasteiger partial charge in [0.15, 0.2) is 6.61 Å². The van der Waals surface area contributed by atoms with Gasteiger partial charge in [0.2, 0.25) is 5.91 Å². The van der Waals surface area contributed by atoms with Gasteiger partial charge in [0.1, 0.15) is 5.75 Å².